The number of aromatic amines is 1. The van der Waals surface area contributed by atoms with Crippen molar-refractivity contribution in [3.63, 3.8) is 0 Å². The highest BCUT2D eigenvalue weighted by atomic mass is 127. The van der Waals surface area contributed by atoms with Gasteiger partial charge in [-0.2, -0.15) is 10.2 Å². The highest BCUT2D eigenvalue weighted by Gasteiger charge is 2.07. The van der Waals surface area contributed by atoms with Crippen molar-refractivity contribution in [2.75, 3.05) is 20.7 Å². The molecule has 0 saturated heterocycles. The van der Waals surface area contributed by atoms with E-state index in [2.05, 4.69) is 60.2 Å². The van der Waals surface area contributed by atoms with Crippen LogP contribution >= 0.6 is 24.0 Å². The van der Waals surface area contributed by atoms with Crippen molar-refractivity contribution < 1.29 is 4.74 Å². The Hall–Kier alpha value is -3.41. The Bertz CT molecular complexity index is 1140. The fraction of sp³-hybridized carbons (Fsp3) is 0.217. The van der Waals surface area contributed by atoms with Crippen LogP contribution in [-0.4, -0.2) is 51.6 Å². The number of rotatable bonds is 8. The Morgan fingerprint density at radius 3 is 2.55 bits per heavy atom. The van der Waals surface area contributed by atoms with Crippen molar-refractivity contribution in [1.82, 2.24) is 35.6 Å². The highest BCUT2D eigenvalue weighted by molar-refractivity contribution is 14.0. The second-order valence-electron chi connectivity index (χ2n) is 7.05. The number of guanidine groups is 1. The van der Waals surface area contributed by atoms with Crippen LogP contribution < -0.4 is 15.4 Å². The summed E-state index contributed by atoms with van der Waals surface area (Å²) in [5.74, 6) is 2.88. The second kappa shape index (κ2) is 12.0. The third kappa shape index (κ3) is 6.54. The molecule has 3 N–H and O–H groups in total. The van der Waals surface area contributed by atoms with E-state index in [1.165, 1.54) is 5.56 Å². The van der Waals surface area contributed by atoms with Gasteiger partial charge in [0.2, 0.25) is 0 Å². The average Bonchev–Trinajstić information content (AvgIpc) is 3.54. The third-order valence-electron chi connectivity index (χ3n) is 4.94. The van der Waals surface area contributed by atoms with Crippen molar-refractivity contribution in [3.8, 4) is 22.8 Å². The molecule has 0 fully saturated rings. The molecule has 4 aromatic rings. The van der Waals surface area contributed by atoms with Gasteiger partial charge in [-0.05, 0) is 54.4 Å². The largest absolute Gasteiger partial charge is 0.497 e. The average molecular weight is 558 g/mol. The zero-order valence-electron chi connectivity index (χ0n) is 18.5. The van der Waals surface area contributed by atoms with Crippen LogP contribution in [0.3, 0.4) is 0 Å². The monoisotopic (exact) mass is 558 g/mol. The van der Waals surface area contributed by atoms with Crippen molar-refractivity contribution in [3.05, 3.63) is 78.4 Å². The molecule has 0 atom stereocenters. The van der Waals surface area contributed by atoms with Crippen LogP contribution in [0.25, 0.3) is 17.1 Å². The Morgan fingerprint density at radius 1 is 1.09 bits per heavy atom. The molecule has 0 amide bonds. The molecular weight excluding hydrogens is 531 g/mol. The summed E-state index contributed by atoms with van der Waals surface area (Å²) in [4.78, 5) is 8.81. The molecule has 2 heterocycles. The SMILES string of the molecule is CN=C(NCCc1ccc(-n2cccn2)cc1)NCc1nc(-c2ccc(OC)cc2)n[nH]1.I. The summed E-state index contributed by atoms with van der Waals surface area (Å²) in [6.07, 6.45) is 4.58. The van der Waals surface area contributed by atoms with E-state index in [-0.39, 0.29) is 24.0 Å². The minimum atomic E-state index is 0. The minimum Gasteiger partial charge on any atom is -0.497 e. The number of aliphatic imine (C=N–C) groups is 1. The molecule has 0 radical (unpaired) electrons. The number of nitrogens with zero attached hydrogens (tertiary/aromatic N) is 5. The molecular formula is C23H27IN8O. The van der Waals surface area contributed by atoms with Gasteiger partial charge < -0.3 is 15.4 Å². The quantitative estimate of drug-likeness (QED) is 0.174. The third-order valence-corrected chi connectivity index (χ3v) is 4.94. The lowest BCUT2D eigenvalue weighted by atomic mass is 10.1. The van der Waals surface area contributed by atoms with Crippen LogP contribution in [0.1, 0.15) is 11.4 Å². The van der Waals surface area contributed by atoms with Crippen LogP contribution in [0.5, 0.6) is 5.75 Å². The van der Waals surface area contributed by atoms with Gasteiger partial charge in [-0.15, -0.1) is 24.0 Å². The van der Waals surface area contributed by atoms with E-state index in [1.54, 1.807) is 20.4 Å². The summed E-state index contributed by atoms with van der Waals surface area (Å²) in [7, 11) is 3.39. The summed E-state index contributed by atoms with van der Waals surface area (Å²) < 4.78 is 7.03. The van der Waals surface area contributed by atoms with E-state index in [9.17, 15) is 0 Å². The lowest BCUT2D eigenvalue weighted by molar-refractivity contribution is 0.415. The lowest BCUT2D eigenvalue weighted by Gasteiger charge is -2.11. The molecule has 0 bridgehead atoms. The summed E-state index contributed by atoms with van der Waals surface area (Å²) in [6, 6.07) is 17.9. The van der Waals surface area contributed by atoms with Crippen LogP contribution in [0.2, 0.25) is 0 Å². The number of benzene rings is 2. The van der Waals surface area contributed by atoms with Gasteiger partial charge in [-0.3, -0.25) is 10.1 Å². The first-order valence-electron chi connectivity index (χ1n) is 10.3. The molecule has 2 aromatic carbocycles. The molecule has 4 rings (SSSR count). The predicted octanol–water partition coefficient (Wildman–Crippen LogP) is 3.19. The van der Waals surface area contributed by atoms with Gasteiger partial charge in [-0.25, -0.2) is 9.67 Å². The fourth-order valence-electron chi connectivity index (χ4n) is 3.19. The number of hydrogen-bond acceptors (Lipinski definition) is 5. The number of ether oxygens (including phenoxy) is 1. The predicted molar refractivity (Wildman–Crippen MR) is 139 cm³/mol. The van der Waals surface area contributed by atoms with E-state index in [4.69, 9.17) is 4.74 Å². The molecule has 2 aromatic heterocycles. The molecule has 172 valence electrons. The van der Waals surface area contributed by atoms with Gasteiger partial charge in [0.1, 0.15) is 11.6 Å². The maximum absolute atomic E-state index is 5.19. The lowest BCUT2D eigenvalue weighted by Crippen LogP contribution is -2.38. The smallest absolute Gasteiger partial charge is 0.191 e. The number of halogens is 1. The number of hydrogen-bond donors (Lipinski definition) is 3. The van der Waals surface area contributed by atoms with E-state index in [0.29, 0.717) is 18.3 Å². The molecule has 9 nitrogen and oxygen atoms in total. The molecule has 33 heavy (non-hydrogen) atoms. The van der Waals surface area contributed by atoms with Crippen molar-refractivity contribution in [2.45, 2.75) is 13.0 Å². The van der Waals surface area contributed by atoms with Gasteiger partial charge in [0.15, 0.2) is 11.8 Å². The second-order valence-corrected chi connectivity index (χ2v) is 7.05. The standard InChI is InChI=1S/C23H26N8O.HI/c1-24-23(25-14-12-17-4-8-19(9-5-17)31-15-3-13-27-31)26-16-21-28-22(30-29-21)18-6-10-20(32-2)11-7-18;/h3-11,13,15H,12,14,16H2,1-2H3,(H2,24,25,26)(H,28,29,30);1H. The Labute approximate surface area is 209 Å². The normalized spacial score (nSPS) is 11.0. The van der Waals surface area contributed by atoms with Gasteiger partial charge in [0.05, 0.1) is 19.3 Å². The van der Waals surface area contributed by atoms with Crippen LogP contribution in [-0.2, 0) is 13.0 Å². The Morgan fingerprint density at radius 2 is 1.88 bits per heavy atom. The maximum Gasteiger partial charge on any atom is 0.191 e. The van der Waals surface area contributed by atoms with E-state index in [0.717, 1.165) is 35.8 Å². The molecule has 0 saturated carbocycles. The molecule has 10 heteroatoms. The zero-order chi connectivity index (χ0) is 22.2. The van der Waals surface area contributed by atoms with Crippen LogP contribution in [0, 0.1) is 0 Å². The minimum absolute atomic E-state index is 0. The summed E-state index contributed by atoms with van der Waals surface area (Å²) in [6.45, 7) is 1.25. The first-order valence-corrected chi connectivity index (χ1v) is 10.3. The molecule has 0 aliphatic heterocycles. The number of nitrogens with one attached hydrogen (secondary N) is 3. The van der Waals surface area contributed by atoms with Crippen LogP contribution in [0.15, 0.2) is 72.0 Å². The molecule has 0 aliphatic carbocycles. The molecule has 0 spiro atoms. The van der Waals surface area contributed by atoms with Gasteiger partial charge in [0.25, 0.3) is 0 Å². The first kappa shape index (κ1) is 24.2. The van der Waals surface area contributed by atoms with Crippen molar-refractivity contribution in [2.24, 2.45) is 4.99 Å². The van der Waals surface area contributed by atoms with Crippen molar-refractivity contribution >= 4 is 29.9 Å². The fourth-order valence-corrected chi connectivity index (χ4v) is 3.19. The zero-order valence-corrected chi connectivity index (χ0v) is 20.9. The van der Waals surface area contributed by atoms with Crippen molar-refractivity contribution in [1.29, 1.82) is 0 Å². The highest BCUT2D eigenvalue weighted by Crippen LogP contribution is 2.18. The molecule has 0 aliphatic rings. The van der Waals surface area contributed by atoms with E-state index < -0.39 is 0 Å². The van der Waals surface area contributed by atoms with E-state index >= 15 is 0 Å². The first-order chi connectivity index (χ1) is 15.7. The number of aromatic nitrogens is 5. The Kier molecular flexibility index (Phi) is 8.81. The number of methoxy groups -OCH3 is 1. The topological polar surface area (TPSA) is 105 Å². The van der Waals surface area contributed by atoms with E-state index in [1.807, 2.05) is 41.2 Å². The maximum atomic E-state index is 5.19. The Balaban J connectivity index is 0.00000306. The molecule has 0 unspecified atom stereocenters. The summed E-state index contributed by atoms with van der Waals surface area (Å²) in [5, 5.41) is 18.1. The summed E-state index contributed by atoms with van der Waals surface area (Å²) in [5.41, 5.74) is 3.21. The van der Waals surface area contributed by atoms with Gasteiger partial charge >= 0.3 is 0 Å². The van der Waals surface area contributed by atoms with Gasteiger partial charge in [0, 0.05) is 31.5 Å². The van der Waals surface area contributed by atoms with Gasteiger partial charge in [-0.1, -0.05) is 12.1 Å². The summed E-state index contributed by atoms with van der Waals surface area (Å²) >= 11 is 0. The number of H-pyrrole nitrogens is 1. The van der Waals surface area contributed by atoms with Crippen LogP contribution in [0.4, 0.5) is 0 Å².